The molecule has 0 saturated carbocycles. The Morgan fingerprint density at radius 1 is 1.24 bits per heavy atom. The minimum absolute atomic E-state index is 0.601. The third kappa shape index (κ3) is 3.52. The Labute approximate surface area is 156 Å². The van der Waals surface area contributed by atoms with Gasteiger partial charge in [-0.25, -0.2) is 5.53 Å². The van der Waals surface area contributed by atoms with Crippen LogP contribution in [0.2, 0.25) is 10.0 Å². The number of hydrogen-bond donors (Lipinski definition) is 1. The number of halogens is 2. The van der Waals surface area contributed by atoms with Crippen LogP contribution in [0.3, 0.4) is 0 Å². The van der Waals surface area contributed by atoms with Crippen molar-refractivity contribution in [3.63, 3.8) is 0 Å². The van der Waals surface area contributed by atoms with Gasteiger partial charge in [0.2, 0.25) is 0 Å². The fraction of sp³-hybridized carbons (Fsp3) is 0.167. The van der Waals surface area contributed by atoms with E-state index in [1.54, 1.807) is 12.3 Å². The van der Waals surface area contributed by atoms with Gasteiger partial charge in [-0.15, -0.1) is 0 Å². The van der Waals surface area contributed by atoms with E-state index >= 15 is 0 Å². The number of aromatic nitrogens is 2. The second-order valence-corrected chi connectivity index (χ2v) is 6.58. The maximum Gasteiger partial charge on any atom is 0.101 e. The maximum absolute atomic E-state index is 6.85. The van der Waals surface area contributed by atoms with Crippen molar-refractivity contribution in [2.24, 2.45) is 12.2 Å². The molecule has 128 valence electrons. The van der Waals surface area contributed by atoms with E-state index in [-0.39, 0.29) is 0 Å². The second kappa shape index (κ2) is 7.25. The zero-order valence-electron chi connectivity index (χ0n) is 13.9. The maximum atomic E-state index is 6.85. The SMILES string of the molecule is CN(/C=C\N=N)Cc1c2cccc(-c3ccc(Cl)cc3Cl)c2nn1C. The first-order chi connectivity index (χ1) is 12.0. The van der Waals surface area contributed by atoms with Gasteiger partial charge in [-0.1, -0.05) is 47.5 Å². The molecule has 0 aliphatic rings. The summed E-state index contributed by atoms with van der Waals surface area (Å²) in [7, 11) is 3.86. The standard InChI is InChI=1S/C18H17Cl2N5/c1-24(9-8-22-21)11-17-15-5-3-4-14(18(15)23-25(17)2)13-7-6-12(19)10-16(13)20/h3-10,21H,11H2,1-2H3/b9-8-,22-21?. The topological polar surface area (TPSA) is 57.3 Å². The van der Waals surface area contributed by atoms with Crippen LogP contribution in [0, 0.1) is 5.53 Å². The van der Waals surface area contributed by atoms with Crippen molar-refractivity contribution in [3.05, 3.63) is 64.5 Å². The van der Waals surface area contributed by atoms with Crippen LogP contribution in [-0.4, -0.2) is 21.7 Å². The number of aryl methyl sites for hydroxylation is 1. The molecule has 0 unspecified atom stereocenters. The summed E-state index contributed by atoms with van der Waals surface area (Å²) in [6.07, 6.45) is 3.20. The zero-order valence-corrected chi connectivity index (χ0v) is 15.4. The van der Waals surface area contributed by atoms with Crippen molar-refractivity contribution in [2.45, 2.75) is 6.54 Å². The van der Waals surface area contributed by atoms with E-state index in [0.29, 0.717) is 16.6 Å². The molecule has 1 N–H and O–H groups in total. The predicted molar refractivity (Wildman–Crippen MR) is 102 cm³/mol. The largest absolute Gasteiger partial charge is 0.373 e. The van der Waals surface area contributed by atoms with Crippen LogP contribution in [0.15, 0.2) is 53.9 Å². The van der Waals surface area contributed by atoms with Crippen LogP contribution in [0.1, 0.15) is 5.69 Å². The molecule has 0 aliphatic carbocycles. The molecular formula is C18H17Cl2N5. The molecule has 25 heavy (non-hydrogen) atoms. The van der Waals surface area contributed by atoms with Gasteiger partial charge in [-0.3, -0.25) is 4.68 Å². The van der Waals surface area contributed by atoms with Crippen molar-refractivity contribution < 1.29 is 0 Å². The van der Waals surface area contributed by atoms with Crippen molar-refractivity contribution in [1.82, 2.24) is 14.7 Å². The molecule has 7 heteroatoms. The van der Waals surface area contributed by atoms with E-state index in [1.807, 2.05) is 47.9 Å². The van der Waals surface area contributed by atoms with Crippen LogP contribution < -0.4 is 0 Å². The van der Waals surface area contributed by atoms with Crippen LogP contribution in [0.4, 0.5) is 0 Å². The fourth-order valence-corrected chi connectivity index (χ4v) is 3.33. The summed E-state index contributed by atoms with van der Waals surface area (Å²) in [5.41, 5.74) is 10.7. The molecule has 1 aromatic heterocycles. The molecule has 0 bridgehead atoms. The molecule has 3 rings (SSSR count). The highest BCUT2D eigenvalue weighted by Gasteiger charge is 2.15. The normalized spacial score (nSPS) is 11.4. The monoisotopic (exact) mass is 373 g/mol. The van der Waals surface area contributed by atoms with Crippen LogP contribution in [-0.2, 0) is 13.6 Å². The Morgan fingerprint density at radius 2 is 2.04 bits per heavy atom. The highest BCUT2D eigenvalue weighted by Crippen LogP contribution is 2.35. The van der Waals surface area contributed by atoms with E-state index in [2.05, 4.69) is 11.2 Å². The number of benzene rings is 2. The molecule has 0 fully saturated rings. The average Bonchev–Trinajstić information content (AvgIpc) is 2.89. The lowest BCUT2D eigenvalue weighted by molar-refractivity contribution is 0.432. The Bertz CT molecular complexity index is 961. The van der Waals surface area contributed by atoms with Gasteiger partial charge in [0.05, 0.1) is 18.4 Å². The van der Waals surface area contributed by atoms with E-state index in [0.717, 1.165) is 27.7 Å². The lowest BCUT2D eigenvalue weighted by Gasteiger charge is -2.13. The van der Waals surface area contributed by atoms with Crippen LogP contribution in [0.5, 0.6) is 0 Å². The highest BCUT2D eigenvalue weighted by molar-refractivity contribution is 6.36. The quantitative estimate of drug-likeness (QED) is 0.601. The molecule has 0 amide bonds. The van der Waals surface area contributed by atoms with Gasteiger partial charge in [0, 0.05) is 46.9 Å². The van der Waals surface area contributed by atoms with E-state index in [1.165, 1.54) is 6.20 Å². The molecule has 0 radical (unpaired) electrons. The third-order valence-electron chi connectivity index (χ3n) is 4.00. The molecule has 0 aliphatic heterocycles. The Balaban J connectivity index is 2.10. The van der Waals surface area contributed by atoms with Gasteiger partial charge in [-0.2, -0.15) is 10.2 Å². The molecule has 3 aromatic rings. The van der Waals surface area contributed by atoms with Gasteiger partial charge in [-0.05, 0) is 12.1 Å². The number of fused-ring (bicyclic) bond motifs is 1. The number of hydrogen-bond acceptors (Lipinski definition) is 4. The third-order valence-corrected chi connectivity index (χ3v) is 4.55. The van der Waals surface area contributed by atoms with Gasteiger partial charge < -0.3 is 4.90 Å². The van der Waals surface area contributed by atoms with Gasteiger partial charge in [0.15, 0.2) is 0 Å². The van der Waals surface area contributed by atoms with Gasteiger partial charge in [0.25, 0.3) is 0 Å². The summed E-state index contributed by atoms with van der Waals surface area (Å²) in [6, 6.07) is 11.5. The fourth-order valence-electron chi connectivity index (χ4n) is 2.82. The smallest absolute Gasteiger partial charge is 0.101 e. The molecule has 2 aromatic carbocycles. The molecule has 1 heterocycles. The number of rotatable bonds is 5. The van der Waals surface area contributed by atoms with Gasteiger partial charge >= 0.3 is 0 Å². The average molecular weight is 374 g/mol. The van der Waals surface area contributed by atoms with E-state index in [9.17, 15) is 0 Å². The summed E-state index contributed by atoms with van der Waals surface area (Å²) >= 11 is 12.4. The van der Waals surface area contributed by atoms with E-state index in [4.69, 9.17) is 33.8 Å². The van der Waals surface area contributed by atoms with Crippen molar-refractivity contribution >= 4 is 34.1 Å². The second-order valence-electron chi connectivity index (χ2n) is 5.74. The summed E-state index contributed by atoms with van der Waals surface area (Å²) in [6.45, 7) is 0.650. The van der Waals surface area contributed by atoms with Crippen molar-refractivity contribution in [1.29, 1.82) is 5.53 Å². The van der Waals surface area contributed by atoms with Gasteiger partial charge in [0.1, 0.15) is 5.52 Å². The van der Waals surface area contributed by atoms with Crippen LogP contribution >= 0.6 is 23.2 Å². The molecule has 0 atom stereocenters. The Hall–Kier alpha value is -2.37. The van der Waals surface area contributed by atoms with Crippen molar-refractivity contribution in [3.8, 4) is 11.1 Å². The minimum atomic E-state index is 0.601. The predicted octanol–water partition coefficient (Wildman–Crippen LogP) is 5.48. The minimum Gasteiger partial charge on any atom is -0.373 e. The first-order valence-corrected chi connectivity index (χ1v) is 8.40. The highest BCUT2D eigenvalue weighted by atomic mass is 35.5. The first-order valence-electron chi connectivity index (χ1n) is 7.64. The van der Waals surface area contributed by atoms with Crippen molar-refractivity contribution in [2.75, 3.05) is 7.05 Å². The zero-order chi connectivity index (χ0) is 18.0. The first kappa shape index (κ1) is 17.5. The van der Waals surface area contributed by atoms with Crippen LogP contribution in [0.25, 0.3) is 22.0 Å². The summed E-state index contributed by atoms with van der Waals surface area (Å²) < 4.78 is 1.88. The molecule has 5 nitrogen and oxygen atoms in total. The lowest BCUT2D eigenvalue weighted by atomic mass is 10.0. The summed E-state index contributed by atoms with van der Waals surface area (Å²) in [5, 5.41) is 10.2. The Morgan fingerprint density at radius 3 is 2.76 bits per heavy atom. The molecule has 0 saturated heterocycles. The Kier molecular flexibility index (Phi) is 5.06. The summed E-state index contributed by atoms with van der Waals surface area (Å²) in [4.78, 5) is 1.95. The lowest BCUT2D eigenvalue weighted by Crippen LogP contribution is -2.13. The van der Waals surface area contributed by atoms with E-state index < -0.39 is 0 Å². The molecular weight excluding hydrogens is 357 g/mol. The number of nitrogens with zero attached hydrogens (tertiary/aromatic N) is 4. The molecule has 0 spiro atoms. The summed E-state index contributed by atoms with van der Waals surface area (Å²) in [5.74, 6) is 0. The number of nitrogens with one attached hydrogen (secondary N) is 1.